The van der Waals surface area contributed by atoms with Crippen LogP contribution >= 0.6 is 0 Å². The fourth-order valence-electron chi connectivity index (χ4n) is 2.98. The molecule has 7 heteroatoms. The molecule has 0 spiro atoms. The van der Waals surface area contributed by atoms with Crippen LogP contribution in [0.3, 0.4) is 0 Å². The quantitative estimate of drug-likeness (QED) is 0.905. The van der Waals surface area contributed by atoms with Crippen LogP contribution in [0.25, 0.3) is 11.5 Å². The molecule has 0 saturated heterocycles. The van der Waals surface area contributed by atoms with Gasteiger partial charge >= 0.3 is 0 Å². The molecule has 1 aromatic carbocycles. The lowest BCUT2D eigenvalue weighted by molar-refractivity contribution is 0.324. The molecule has 23 heavy (non-hydrogen) atoms. The fourth-order valence-corrected chi connectivity index (χ4v) is 2.98. The maximum absolute atomic E-state index is 6.38. The maximum atomic E-state index is 6.38. The molecule has 1 aliphatic carbocycles. The van der Waals surface area contributed by atoms with Crippen molar-refractivity contribution in [3.8, 4) is 28.7 Å². The van der Waals surface area contributed by atoms with Gasteiger partial charge in [-0.2, -0.15) is 4.98 Å². The van der Waals surface area contributed by atoms with Gasteiger partial charge in [0, 0.05) is 5.56 Å². The Hall–Kier alpha value is -2.28. The molecule has 0 unspecified atom stereocenters. The van der Waals surface area contributed by atoms with Gasteiger partial charge in [0.15, 0.2) is 17.3 Å². The molecule has 7 nitrogen and oxygen atoms in total. The average molecular weight is 319 g/mol. The molecule has 0 amide bonds. The Morgan fingerprint density at radius 3 is 2.17 bits per heavy atom. The fraction of sp³-hybridized carbons (Fsp3) is 0.500. The normalized spacial score (nSPS) is 16.3. The van der Waals surface area contributed by atoms with Crippen LogP contribution in [0.2, 0.25) is 0 Å². The third kappa shape index (κ3) is 2.72. The minimum atomic E-state index is -0.484. The number of methoxy groups -OCH3 is 3. The molecule has 1 fully saturated rings. The second-order valence-electron chi connectivity index (χ2n) is 5.70. The summed E-state index contributed by atoms with van der Waals surface area (Å²) in [4.78, 5) is 4.49. The summed E-state index contributed by atoms with van der Waals surface area (Å²) in [6, 6.07) is 3.55. The van der Waals surface area contributed by atoms with Gasteiger partial charge in [0.25, 0.3) is 5.89 Å². The van der Waals surface area contributed by atoms with Gasteiger partial charge in [0.1, 0.15) is 0 Å². The van der Waals surface area contributed by atoms with E-state index in [1.165, 1.54) is 0 Å². The zero-order valence-electron chi connectivity index (χ0n) is 13.6. The van der Waals surface area contributed by atoms with E-state index in [0.29, 0.717) is 34.5 Å². The van der Waals surface area contributed by atoms with Gasteiger partial charge in [-0.25, -0.2) is 0 Å². The summed E-state index contributed by atoms with van der Waals surface area (Å²) in [6.45, 7) is 0. The summed E-state index contributed by atoms with van der Waals surface area (Å²) in [5.41, 5.74) is 6.59. The lowest BCUT2D eigenvalue weighted by atomic mass is 9.99. The first-order valence-electron chi connectivity index (χ1n) is 7.55. The van der Waals surface area contributed by atoms with Crippen LogP contribution in [0.5, 0.6) is 17.2 Å². The SMILES string of the molecule is COc1cc(-c2nc(C3(N)CCCC3)no2)cc(OC)c1OC. The minimum absolute atomic E-state index is 0.385. The van der Waals surface area contributed by atoms with E-state index < -0.39 is 5.54 Å². The molecular weight excluding hydrogens is 298 g/mol. The van der Waals surface area contributed by atoms with Crippen LogP contribution in [-0.4, -0.2) is 31.5 Å². The van der Waals surface area contributed by atoms with Crippen molar-refractivity contribution < 1.29 is 18.7 Å². The summed E-state index contributed by atoms with van der Waals surface area (Å²) >= 11 is 0. The second-order valence-corrected chi connectivity index (χ2v) is 5.70. The molecule has 0 radical (unpaired) electrons. The molecular formula is C16H21N3O4. The van der Waals surface area contributed by atoms with Gasteiger partial charge in [-0.05, 0) is 25.0 Å². The third-order valence-corrected chi connectivity index (χ3v) is 4.28. The first-order chi connectivity index (χ1) is 11.1. The van der Waals surface area contributed by atoms with E-state index in [0.717, 1.165) is 25.7 Å². The molecule has 3 rings (SSSR count). The first-order valence-corrected chi connectivity index (χ1v) is 7.55. The van der Waals surface area contributed by atoms with Crippen LogP contribution in [0, 0.1) is 0 Å². The second kappa shape index (κ2) is 6.08. The zero-order chi connectivity index (χ0) is 16.4. The summed E-state index contributed by atoms with van der Waals surface area (Å²) in [7, 11) is 4.69. The average Bonchev–Trinajstić information content (AvgIpc) is 3.23. The Morgan fingerprint density at radius 2 is 1.65 bits per heavy atom. The predicted molar refractivity (Wildman–Crippen MR) is 83.7 cm³/mol. The van der Waals surface area contributed by atoms with E-state index in [9.17, 15) is 0 Å². The number of ether oxygens (including phenoxy) is 3. The molecule has 0 aliphatic heterocycles. The summed E-state index contributed by atoms with van der Waals surface area (Å²) in [6.07, 6.45) is 3.93. The Balaban J connectivity index is 2.00. The molecule has 1 aliphatic rings. The Kier molecular flexibility index (Phi) is 4.12. The van der Waals surface area contributed by atoms with Crippen molar-refractivity contribution in [2.75, 3.05) is 21.3 Å². The van der Waals surface area contributed by atoms with E-state index in [1.807, 2.05) is 0 Å². The van der Waals surface area contributed by atoms with Gasteiger partial charge in [0.05, 0.1) is 26.9 Å². The smallest absolute Gasteiger partial charge is 0.258 e. The van der Waals surface area contributed by atoms with Crippen molar-refractivity contribution >= 4 is 0 Å². The minimum Gasteiger partial charge on any atom is -0.493 e. The Bertz CT molecular complexity index is 667. The van der Waals surface area contributed by atoms with E-state index in [4.69, 9.17) is 24.5 Å². The highest BCUT2D eigenvalue weighted by Crippen LogP contribution is 2.41. The van der Waals surface area contributed by atoms with Crippen molar-refractivity contribution in [2.24, 2.45) is 5.73 Å². The largest absolute Gasteiger partial charge is 0.493 e. The number of benzene rings is 1. The van der Waals surface area contributed by atoms with Gasteiger partial charge in [-0.1, -0.05) is 18.0 Å². The number of hydrogen-bond donors (Lipinski definition) is 1. The highest BCUT2D eigenvalue weighted by Gasteiger charge is 2.36. The van der Waals surface area contributed by atoms with Crippen LogP contribution in [0.1, 0.15) is 31.5 Å². The monoisotopic (exact) mass is 319 g/mol. The van der Waals surface area contributed by atoms with Crippen molar-refractivity contribution in [3.63, 3.8) is 0 Å². The number of nitrogens with two attached hydrogens (primary N) is 1. The van der Waals surface area contributed by atoms with Crippen molar-refractivity contribution in [3.05, 3.63) is 18.0 Å². The van der Waals surface area contributed by atoms with Gasteiger partial charge in [-0.3, -0.25) is 0 Å². The lowest BCUT2D eigenvalue weighted by Crippen LogP contribution is -2.34. The molecule has 1 saturated carbocycles. The first kappa shape index (κ1) is 15.6. The maximum Gasteiger partial charge on any atom is 0.258 e. The van der Waals surface area contributed by atoms with Crippen LogP contribution in [-0.2, 0) is 5.54 Å². The number of hydrogen-bond acceptors (Lipinski definition) is 7. The van der Waals surface area contributed by atoms with Crippen molar-refractivity contribution in [2.45, 2.75) is 31.2 Å². The lowest BCUT2D eigenvalue weighted by Gasteiger charge is -2.17. The number of nitrogens with zero attached hydrogens (tertiary/aromatic N) is 2. The Morgan fingerprint density at radius 1 is 1.04 bits per heavy atom. The summed E-state index contributed by atoms with van der Waals surface area (Å²) < 4.78 is 21.4. The standard InChI is InChI=1S/C16H21N3O4/c1-20-11-8-10(9-12(21-2)13(11)22-3)14-18-15(19-23-14)16(17)6-4-5-7-16/h8-9H,4-7,17H2,1-3H3. The molecule has 0 bridgehead atoms. The van der Waals surface area contributed by atoms with E-state index in [2.05, 4.69) is 10.1 Å². The van der Waals surface area contributed by atoms with Gasteiger partial charge < -0.3 is 24.5 Å². The highest BCUT2D eigenvalue weighted by atomic mass is 16.5. The predicted octanol–water partition coefficient (Wildman–Crippen LogP) is 2.49. The molecule has 2 aromatic rings. The number of rotatable bonds is 5. The Labute approximate surface area is 134 Å². The molecule has 2 N–H and O–H groups in total. The zero-order valence-corrected chi connectivity index (χ0v) is 13.6. The molecule has 1 heterocycles. The molecule has 124 valence electrons. The van der Waals surface area contributed by atoms with Crippen LogP contribution < -0.4 is 19.9 Å². The van der Waals surface area contributed by atoms with E-state index >= 15 is 0 Å². The molecule has 0 atom stereocenters. The van der Waals surface area contributed by atoms with Gasteiger partial charge in [-0.15, -0.1) is 0 Å². The summed E-state index contributed by atoms with van der Waals surface area (Å²) in [5, 5.41) is 4.08. The van der Waals surface area contributed by atoms with Crippen molar-refractivity contribution in [1.82, 2.24) is 10.1 Å². The highest BCUT2D eigenvalue weighted by molar-refractivity contribution is 5.65. The molecule has 1 aromatic heterocycles. The third-order valence-electron chi connectivity index (χ3n) is 4.28. The topological polar surface area (TPSA) is 92.6 Å². The van der Waals surface area contributed by atoms with Gasteiger partial charge in [0.2, 0.25) is 5.75 Å². The van der Waals surface area contributed by atoms with E-state index in [-0.39, 0.29) is 0 Å². The summed E-state index contributed by atoms with van der Waals surface area (Å²) in [5.74, 6) is 2.52. The van der Waals surface area contributed by atoms with Crippen molar-refractivity contribution in [1.29, 1.82) is 0 Å². The number of aromatic nitrogens is 2. The van der Waals surface area contributed by atoms with Crippen LogP contribution in [0.15, 0.2) is 16.7 Å². The van der Waals surface area contributed by atoms with Crippen LogP contribution in [0.4, 0.5) is 0 Å². The van der Waals surface area contributed by atoms with E-state index in [1.54, 1.807) is 33.5 Å².